The third-order valence-electron chi connectivity index (χ3n) is 6.95. The molecular weight excluding hydrogens is 490 g/mol. The van der Waals surface area contributed by atoms with Crippen LogP contribution in [0.15, 0.2) is 48.5 Å². The molecule has 2 saturated heterocycles. The van der Waals surface area contributed by atoms with Crippen LogP contribution in [0.1, 0.15) is 67.6 Å². The lowest BCUT2D eigenvalue weighted by atomic mass is 9.99. The van der Waals surface area contributed by atoms with E-state index in [1.54, 1.807) is 11.5 Å². The van der Waals surface area contributed by atoms with Crippen LogP contribution in [-0.4, -0.2) is 64.0 Å². The van der Waals surface area contributed by atoms with E-state index < -0.39 is 12.2 Å². The van der Waals surface area contributed by atoms with E-state index in [1.807, 2.05) is 42.5 Å². The van der Waals surface area contributed by atoms with Crippen molar-refractivity contribution in [1.29, 1.82) is 0 Å². The summed E-state index contributed by atoms with van der Waals surface area (Å²) in [6.45, 7) is 2.13. The molecule has 4 rings (SSSR count). The van der Waals surface area contributed by atoms with Crippen molar-refractivity contribution in [3.8, 4) is 0 Å². The number of carbonyl (C=O) groups excluding carboxylic acids is 2. The van der Waals surface area contributed by atoms with Gasteiger partial charge in [-0.15, -0.1) is 0 Å². The van der Waals surface area contributed by atoms with Crippen LogP contribution in [-0.2, 0) is 25.7 Å². The van der Waals surface area contributed by atoms with Crippen molar-refractivity contribution in [2.45, 2.75) is 69.7 Å². The molecule has 2 aromatic rings. The van der Waals surface area contributed by atoms with Crippen LogP contribution in [0.3, 0.4) is 0 Å². The van der Waals surface area contributed by atoms with Crippen molar-refractivity contribution < 1.29 is 34.5 Å². The van der Waals surface area contributed by atoms with Crippen LogP contribution < -0.4 is 10.8 Å². The van der Waals surface area contributed by atoms with Crippen molar-refractivity contribution in [2.24, 2.45) is 0 Å². The Kier molecular flexibility index (Phi) is 10.2. The lowest BCUT2D eigenvalue weighted by Crippen LogP contribution is -2.38. The second-order valence-corrected chi connectivity index (χ2v) is 9.97. The fraction of sp³-hybridized carbons (Fsp3) is 0.500. The molecule has 10 nitrogen and oxygen atoms in total. The maximum atomic E-state index is 12.4. The molecule has 38 heavy (non-hydrogen) atoms. The van der Waals surface area contributed by atoms with Gasteiger partial charge >= 0.3 is 0 Å². The minimum atomic E-state index is -0.641. The quantitative estimate of drug-likeness (QED) is 0.171. The Labute approximate surface area is 222 Å². The van der Waals surface area contributed by atoms with Crippen molar-refractivity contribution in [3.05, 3.63) is 65.2 Å². The highest BCUT2D eigenvalue weighted by Gasteiger charge is 2.34. The Bertz CT molecular complexity index is 1060. The molecule has 0 aliphatic carbocycles. The second-order valence-electron chi connectivity index (χ2n) is 9.97. The molecule has 0 spiro atoms. The van der Waals surface area contributed by atoms with Crippen molar-refractivity contribution in [2.75, 3.05) is 25.0 Å². The topological polar surface area (TPSA) is 141 Å². The second kappa shape index (κ2) is 13.8. The van der Waals surface area contributed by atoms with Gasteiger partial charge in [0.2, 0.25) is 11.8 Å². The summed E-state index contributed by atoms with van der Waals surface area (Å²) < 4.78 is 12.8. The number of unbranched alkanes of at least 4 members (excludes halogenated alkanes) is 1. The van der Waals surface area contributed by atoms with E-state index >= 15 is 0 Å². The number of β-amino-alcohol motifs (C(OH)–C–C–N with tert-alkyl or cyclic N) is 1. The molecule has 2 aliphatic heterocycles. The van der Waals surface area contributed by atoms with Crippen LogP contribution in [0.2, 0.25) is 0 Å². The van der Waals surface area contributed by atoms with Crippen LogP contribution in [0, 0.1) is 0 Å². The highest BCUT2D eigenvalue weighted by molar-refractivity contribution is 5.90. The summed E-state index contributed by atoms with van der Waals surface area (Å²) >= 11 is 0. The van der Waals surface area contributed by atoms with Crippen LogP contribution in [0.5, 0.6) is 0 Å². The number of hydrogen-bond acceptors (Lipinski definition) is 8. The molecule has 2 heterocycles. The average Bonchev–Trinajstić information content (AvgIpc) is 3.35. The molecule has 2 aromatic carbocycles. The number of nitrogens with zero attached hydrogens (tertiary/aromatic N) is 1. The van der Waals surface area contributed by atoms with E-state index in [0.29, 0.717) is 38.0 Å². The number of rotatable bonds is 11. The maximum absolute atomic E-state index is 12.4. The van der Waals surface area contributed by atoms with Gasteiger partial charge in [0.05, 0.1) is 24.9 Å². The summed E-state index contributed by atoms with van der Waals surface area (Å²) in [5.41, 5.74) is 4.83. The standard InChI is InChI=1S/C28H37N3O7/c32-18-19-8-10-20(11-9-19)25-15-24(17-31-13-12-23(33)16-31)37-28(38-25)21-4-3-5-22(14-21)29-26(34)6-1-2-7-27(35)30-36/h3-5,8-11,14,23-25,28,32-33,36H,1-2,6-7,12-13,15-18H2,(H,29,34)(H,30,35)/t23-,24+,25-,28-/m0/s1. The number of aliphatic hydroxyl groups excluding tert-OH is 2. The van der Waals surface area contributed by atoms with E-state index in [9.17, 15) is 19.8 Å². The predicted molar refractivity (Wildman–Crippen MR) is 139 cm³/mol. The number of nitrogens with one attached hydrogen (secondary N) is 2. The maximum Gasteiger partial charge on any atom is 0.243 e. The third-order valence-corrected chi connectivity index (χ3v) is 6.95. The number of amides is 2. The fourth-order valence-electron chi connectivity index (χ4n) is 4.91. The largest absolute Gasteiger partial charge is 0.392 e. The Hall–Kier alpha value is -2.86. The van der Waals surface area contributed by atoms with E-state index in [-0.39, 0.29) is 43.7 Å². The molecule has 206 valence electrons. The van der Waals surface area contributed by atoms with Gasteiger partial charge in [0.1, 0.15) is 0 Å². The monoisotopic (exact) mass is 527 g/mol. The zero-order valence-electron chi connectivity index (χ0n) is 21.4. The summed E-state index contributed by atoms with van der Waals surface area (Å²) in [5.74, 6) is -0.628. The number of likely N-dealkylation sites (tertiary alicyclic amines) is 1. The Morgan fingerprint density at radius 2 is 1.76 bits per heavy atom. The molecule has 0 bridgehead atoms. The zero-order valence-corrected chi connectivity index (χ0v) is 21.4. The molecule has 5 N–H and O–H groups in total. The van der Waals surface area contributed by atoms with Gasteiger partial charge in [-0.25, -0.2) is 5.48 Å². The first-order valence-corrected chi connectivity index (χ1v) is 13.2. The number of hydroxylamine groups is 1. The number of hydrogen-bond donors (Lipinski definition) is 5. The predicted octanol–water partition coefficient (Wildman–Crippen LogP) is 2.80. The smallest absolute Gasteiger partial charge is 0.243 e. The molecule has 4 atom stereocenters. The summed E-state index contributed by atoms with van der Waals surface area (Å²) in [7, 11) is 0. The molecule has 0 unspecified atom stereocenters. The fourth-order valence-corrected chi connectivity index (χ4v) is 4.91. The molecule has 0 radical (unpaired) electrons. The van der Waals surface area contributed by atoms with Gasteiger partial charge in [-0.05, 0) is 42.5 Å². The van der Waals surface area contributed by atoms with E-state index in [0.717, 1.165) is 29.7 Å². The normalized spacial score (nSPS) is 23.8. The number of benzene rings is 2. The van der Waals surface area contributed by atoms with Gasteiger partial charge in [-0.2, -0.15) is 0 Å². The van der Waals surface area contributed by atoms with E-state index in [1.165, 1.54) is 0 Å². The molecule has 0 aromatic heterocycles. The molecule has 2 amide bonds. The Morgan fingerprint density at radius 3 is 2.45 bits per heavy atom. The number of anilines is 1. The van der Waals surface area contributed by atoms with Gasteiger partial charge < -0.3 is 25.0 Å². The van der Waals surface area contributed by atoms with Crippen molar-refractivity contribution in [1.82, 2.24) is 10.4 Å². The zero-order chi connectivity index (χ0) is 26.9. The Morgan fingerprint density at radius 1 is 1.00 bits per heavy atom. The van der Waals surface area contributed by atoms with Gasteiger partial charge in [-0.1, -0.05) is 36.4 Å². The van der Waals surface area contributed by atoms with Gasteiger partial charge in [0, 0.05) is 50.1 Å². The molecule has 10 heteroatoms. The number of carbonyl (C=O) groups is 2. The molecular formula is C28H37N3O7. The minimum absolute atomic E-state index is 0.0199. The van der Waals surface area contributed by atoms with Gasteiger partial charge in [-0.3, -0.25) is 19.7 Å². The first kappa shape index (κ1) is 28.2. The first-order valence-electron chi connectivity index (χ1n) is 13.2. The number of ether oxygens (including phenoxy) is 2. The summed E-state index contributed by atoms with van der Waals surface area (Å²) in [5, 5.41) is 30.8. The third kappa shape index (κ3) is 8.07. The summed E-state index contributed by atoms with van der Waals surface area (Å²) in [6.07, 6.45) is 1.59. The molecule has 0 saturated carbocycles. The van der Waals surface area contributed by atoms with Crippen LogP contribution >= 0.6 is 0 Å². The lowest BCUT2D eigenvalue weighted by molar-refractivity contribution is -0.252. The highest BCUT2D eigenvalue weighted by atomic mass is 16.7. The highest BCUT2D eigenvalue weighted by Crippen LogP contribution is 2.39. The lowest BCUT2D eigenvalue weighted by Gasteiger charge is -2.38. The van der Waals surface area contributed by atoms with Crippen LogP contribution in [0.25, 0.3) is 0 Å². The SMILES string of the molecule is O=C(CCCCC(=O)Nc1cccc([C@H]2O[C@@H](CN3CC[C@H](O)C3)C[C@@H](c3ccc(CO)cc3)O2)c1)NO. The van der Waals surface area contributed by atoms with E-state index in [4.69, 9.17) is 14.7 Å². The summed E-state index contributed by atoms with van der Waals surface area (Å²) in [6, 6.07) is 15.1. The van der Waals surface area contributed by atoms with Crippen molar-refractivity contribution >= 4 is 17.5 Å². The first-order chi connectivity index (χ1) is 18.4. The van der Waals surface area contributed by atoms with Gasteiger partial charge in [0.25, 0.3) is 0 Å². The van der Waals surface area contributed by atoms with Gasteiger partial charge in [0.15, 0.2) is 6.29 Å². The Balaban J connectivity index is 1.42. The van der Waals surface area contributed by atoms with E-state index in [2.05, 4.69) is 10.2 Å². The minimum Gasteiger partial charge on any atom is -0.392 e. The van der Waals surface area contributed by atoms with Crippen molar-refractivity contribution in [3.63, 3.8) is 0 Å². The molecule has 2 aliphatic rings. The molecule has 2 fully saturated rings. The van der Waals surface area contributed by atoms with Crippen LogP contribution in [0.4, 0.5) is 5.69 Å². The summed E-state index contributed by atoms with van der Waals surface area (Å²) in [4.78, 5) is 25.7. The number of aliphatic hydroxyl groups is 2. The average molecular weight is 528 g/mol.